The van der Waals surface area contributed by atoms with Crippen LogP contribution in [0.15, 0.2) is 54.6 Å². The van der Waals surface area contributed by atoms with Crippen LogP contribution in [0.4, 0.5) is 10.5 Å². The first-order valence-corrected chi connectivity index (χ1v) is 10.4. The zero-order chi connectivity index (χ0) is 21.1. The van der Waals surface area contributed by atoms with Crippen molar-refractivity contribution in [2.75, 3.05) is 25.0 Å². The highest BCUT2D eigenvalue weighted by atomic mass is 35.5. The molecule has 1 fully saturated rings. The molecule has 6 nitrogen and oxygen atoms in total. The third-order valence-electron chi connectivity index (χ3n) is 5.21. The van der Waals surface area contributed by atoms with Gasteiger partial charge in [-0.15, -0.1) is 0 Å². The topological polar surface area (TPSA) is 59.4 Å². The van der Waals surface area contributed by atoms with Crippen molar-refractivity contribution in [2.45, 2.75) is 26.5 Å². The summed E-state index contributed by atoms with van der Waals surface area (Å²) in [5, 5.41) is 8.22. The Kier molecular flexibility index (Phi) is 6.06. The van der Waals surface area contributed by atoms with Gasteiger partial charge in [0.1, 0.15) is 6.10 Å². The lowest BCUT2D eigenvalue weighted by molar-refractivity contribution is -0.0135. The molecule has 2 aromatic carbocycles. The maximum Gasteiger partial charge on any atom is 0.322 e. The minimum atomic E-state index is -0.154. The first-order valence-electron chi connectivity index (χ1n) is 10.0. The Balaban J connectivity index is 1.40. The van der Waals surface area contributed by atoms with Gasteiger partial charge in [0.2, 0.25) is 0 Å². The lowest BCUT2D eigenvalue weighted by Gasteiger charge is -2.33. The van der Waals surface area contributed by atoms with Gasteiger partial charge >= 0.3 is 6.03 Å². The number of nitrogens with zero attached hydrogens (tertiary/aromatic N) is 3. The molecule has 1 unspecified atom stereocenters. The smallest absolute Gasteiger partial charge is 0.322 e. The molecule has 1 aliphatic rings. The fraction of sp³-hybridized carbons (Fsp3) is 0.304. The van der Waals surface area contributed by atoms with Crippen LogP contribution in [0.2, 0.25) is 5.02 Å². The number of aryl methyl sites for hydroxylation is 2. The van der Waals surface area contributed by atoms with E-state index in [1.54, 1.807) is 4.90 Å². The van der Waals surface area contributed by atoms with Gasteiger partial charge in [-0.1, -0.05) is 35.9 Å². The summed E-state index contributed by atoms with van der Waals surface area (Å²) in [6.45, 7) is 6.25. The molecule has 156 valence electrons. The molecule has 1 N–H and O–H groups in total. The van der Waals surface area contributed by atoms with E-state index in [1.165, 1.54) is 0 Å². The minimum Gasteiger partial charge on any atom is -0.370 e. The van der Waals surface area contributed by atoms with Gasteiger partial charge < -0.3 is 15.0 Å². The van der Waals surface area contributed by atoms with E-state index in [-0.39, 0.29) is 12.1 Å². The predicted octanol–water partition coefficient (Wildman–Crippen LogP) is 4.81. The van der Waals surface area contributed by atoms with Crippen LogP contribution in [0.3, 0.4) is 0 Å². The third kappa shape index (κ3) is 4.83. The molecule has 1 saturated heterocycles. The Hall–Kier alpha value is -2.83. The molecule has 1 aromatic heterocycles. The second kappa shape index (κ2) is 8.90. The molecule has 3 aromatic rings. The summed E-state index contributed by atoms with van der Waals surface area (Å²) in [6.07, 6.45) is -0.154. The molecule has 0 radical (unpaired) electrons. The van der Waals surface area contributed by atoms with E-state index in [1.807, 2.05) is 67.1 Å². The minimum absolute atomic E-state index is 0.125. The molecule has 30 heavy (non-hydrogen) atoms. The molecule has 0 aliphatic carbocycles. The monoisotopic (exact) mass is 424 g/mol. The van der Waals surface area contributed by atoms with Crippen molar-refractivity contribution in [1.29, 1.82) is 0 Å². The Bertz CT molecular complexity index is 1030. The summed E-state index contributed by atoms with van der Waals surface area (Å²) < 4.78 is 7.83. The molecule has 2 heterocycles. The second-order valence-corrected chi connectivity index (χ2v) is 8.01. The first-order chi connectivity index (χ1) is 14.5. The van der Waals surface area contributed by atoms with Gasteiger partial charge in [0.05, 0.1) is 25.4 Å². The zero-order valence-corrected chi connectivity index (χ0v) is 17.9. The van der Waals surface area contributed by atoms with Gasteiger partial charge in [-0.3, -0.25) is 4.68 Å². The molecule has 4 rings (SSSR count). The summed E-state index contributed by atoms with van der Waals surface area (Å²) in [5.41, 5.74) is 4.99. The Morgan fingerprint density at radius 2 is 2.00 bits per heavy atom. The van der Waals surface area contributed by atoms with Crippen molar-refractivity contribution in [1.82, 2.24) is 14.7 Å². The Labute approximate surface area is 181 Å². The van der Waals surface area contributed by atoms with Crippen LogP contribution in [0.25, 0.3) is 0 Å². The lowest BCUT2D eigenvalue weighted by Crippen LogP contribution is -2.44. The lowest BCUT2D eigenvalue weighted by atomic mass is 10.1. The first kappa shape index (κ1) is 20.4. The van der Waals surface area contributed by atoms with Gasteiger partial charge in [0.25, 0.3) is 0 Å². The zero-order valence-electron chi connectivity index (χ0n) is 17.1. The van der Waals surface area contributed by atoms with Gasteiger partial charge in [0, 0.05) is 22.9 Å². The highest BCUT2D eigenvalue weighted by molar-refractivity contribution is 6.30. The van der Waals surface area contributed by atoms with Crippen molar-refractivity contribution >= 4 is 23.3 Å². The number of rotatable bonds is 4. The highest BCUT2D eigenvalue weighted by Gasteiger charge is 2.25. The van der Waals surface area contributed by atoms with E-state index in [2.05, 4.69) is 16.5 Å². The average Bonchev–Trinajstić information content (AvgIpc) is 3.05. The maximum absolute atomic E-state index is 12.8. The van der Waals surface area contributed by atoms with Crippen molar-refractivity contribution in [3.8, 4) is 0 Å². The number of anilines is 1. The van der Waals surface area contributed by atoms with Crippen LogP contribution < -0.4 is 5.32 Å². The normalized spacial score (nSPS) is 16.5. The molecular weight excluding hydrogens is 400 g/mol. The average molecular weight is 425 g/mol. The van der Waals surface area contributed by atoms with Crippen LogP contribution in [0, 0.1) is 13.8 Å². The van der Waals surface area contributed by atoms with Gasteiger partial charge in [-0.25, -0.2) is 4.79 Å². The Morgan fingerprint density at radius 1 is 1.20 bits per heavy atom. The summed E-state index contributed by atoms with van der Waals surface area (Å²) in [5.74, 6) is 0. The van der Waals surface area contributed by atoms with Crippen molar-refractivity contribution in [2.24, 2.45) is 0 Å². The molecular formula is C23H25ClN4O2. The van der Waals surface area contributed by atoms with E-state index in [9.17, 15) is 4.79 Å². The summed E-state index contributed by atoms with van der Waals surface area (Å²) in [4.78, 5) is 14.6. The molecule has 2 amide bonds. The van der Waals surface area contributed by atoms with E-state index >= 15 is 0 Å². The van der Waals surface area contributed by atoms with Gasteiger partial charge in [0.15, 0.2) is 0 Å². The summed E-state index contributed by atoms with van der Waals surface area (Å²) in [7, 11) is 0. The number of aromatic nitrogens is 2. The molecule has 0 bridgehead atoms. The SMILES string of the molecule is Cc1cc(C)n(Cc2cccc(NC(=O)N3CCOC(c4ccc(Cl)cc4)C3)c2)n1. The number of nitrogens with one attached hydrogen (secondary N) is 1. The van der Waals surface area contributed by atoms with E-state index < -0.39 is 0 Å². The largest absolute Gasteiger partial charge is 0.370 e. The van der Waals surface area contributed by atoms with E-state index in [0.717, 1.165) is 28.2 Å². The summed E-state index contributed by atoms with van der Waals surface area (Å²) in [6, 6.07) is 17.4. The number of hydrogen-bond acceptors (Lipinski definition) is 3. The molecule has 1 aliphatic heterocycles. The van der Waals surface area contributed by atoms with Crippen LogP contribution in [0.1, 0.15) is 28.6 Å². The number of carbonyl (C=O) groups is 1. The predicted molar refractivity (Wildman–Crippen MR) is 118 cm³/mol. The van der Waals surface area contributed by atoms with Gasteiger partial charge in [-0.2, -0.15) is 5.10 Å². The molecule has 0 saturated carbocycles. The van der Waals surface area contributed by atoms with Gasteiger partial charge in [-0.05, 0) is 55.3 Å². The van der Waals surface area contributed by atoms with Crippen LogP contribution in [0.5, 0.6) is 0 Å². The fourth-order valence-corrected chi connectivity index (χ4v) is 3.80. The van der Waals surface area contributed by atoms with Crippen LogP contribution >= 0.6 is 11.6 Å². The Morgan fingerprint density at radius 3 is 2.73 bits per heavy atom. The summed E-state index contributed by atoms with van der Waals surface area (Å²) >= 11 is 5.97. The van der Waals surface area contributed by atoms with Crippen molar-refractivity contribution in [3.05, 3.63) is 82.1 Å². The van der Waals surface area contributed by atoms with Crippen LogP contribution in [-0.4, -0.2) is 40.4 Å². The molecule has 7 heteroatoms. The van der Waals surface area contributed by atoms with Crippen molar-refractivity contribution in [3.63, 3.8) is 0 Å². The molecule has 0 spiro atoms. The fourth-order valence-electron chi connectivity index (χ4n) is 3.67. The number of benzene rings is 2. The standard InChI is InChI=1S/C23H25ClN4O2/c1-16-12-17(2)28(26-16)14-18-4-3-5-21(13-18)25-23(29)27-10-11-30-22(15-27)19-6-8-20(24)9-7-19/h3-9,12-13,22H,10-11,14-15H2,1-2H3,(H,25,29). The van der Waals surface area contributed by atoms with Crippen LogP contribution in [-0.2, 0) is 11.3 Å². The quantitative estimate of drug-likeness (QED) is 0.654. The third-order valence-corrected chi connectivity index (χ3v) is 5.46. The number of amides is 2. The van der Waals surface area contributed by atoms with E-state index in [0.29, 0.717) is 31.3 Å². The second-order valence-electron chi connectivity index (χ2n) is 7.57. The maximum atomic E-state index is 12.8. The number of halogens is 1. The van der Waals surface area contributed by atoms with Crippen molar-refractivity contribution < 1.29 is 9.53 Å². The number of morpholine rings is 1. The van der Waals surface area contributed by atoms with E-state index in [4.69, 9.17) is 16.3 Å². The number of carbonyl (C=O) groups excluding carboxylic acids is 1. The number of urea groups is 1. The number of hydrogen-bond donors (Lipinski definition) is 1. The number of ether oxygens (including phenoxy) is 1. The highest BCUT2D eigenvalue weighted by Crippen LogP contribution is 2.24. The molecule has 1 atom stereocenters.